The molecule has 1 saturated carbocycles. The molecule has 1 heterocycles. The molecule has 0 radical (unpaired) electrons. The number of methoxy groups -OCH3 is 1. The van der Waals surface area contributed by atoms with Crippen LogP contribution in [-0.4, -0.2) is 43.9 Å². The summed E-state index contributed by atoms with van der Waals surface area (Å²) in [4.78, 5) is 13.8. The molecular weight excluding hydrogens is 369 g/mol. The highest BCUT2D eigenvalue weighted by molar-refractivity contribution is 6.30. The van der Waals surface area contributed by atoms with Crippen LogP contribution in [-0.2, 0) is 4.74 Å². The van der Waals surface area contributed by atoms with Gasteiger partial charge in [-0.2, -0.15) is 13.2 Å². The Labute approximate surface area is 155 Å². The number of hydrogen-bond acceptors (Lipinski definition) is 2. The summed E-state index contributed by atoms with van der Waals surface area (Å²) in [6, 6.07) is 2.56. The predicted octanol–water partition coefficient (Wildman–Crippen LogP) is 4.40. The number of carbonyl (C=O) groups excluding carboxylic acids is 1. The first-order chi connectivity index (χ1) is 12.2. The minimum atomic E-state index is -4.59. The van der Waals surface area contributed by atoms with Crippen LogP contribution < -0.4 is 5.32 Å². The van der Waals surface area contributed by atoms with E-state index in [9.17, 15) is 18.0 Å². The van der Waals surface area contributed by atoms with E-state index in [4.69, 9.17) is 16.3 Å². The van der Waals surface area contributed by atoms with Gasteiger partial charge in [-0.3, -0.25) is 0 Å². The van der Waals surface area contributed by atoms with Gasteiger partial charge in [0.2, 0.25) is 0 Å². The molecule has 0 bridgehead atoms. The topological polar surface area (TPSA) is 41.6 Å². The average Bonchev–Trinajstić information content (AvgIpc) is 2.47. The van der Waals surface area contributed by atoms with E-state index in [1.165, 1.54) is 29.2 Å². The number of benzene rings is 1. The van der Waals surface area contributed by atoms with E-state index < -0.39 is 18.2 Å². The van der Waals surface area contributed by atoms with Gasteiger partial charge < -0.3 is 15.0 Å². The van der Waals surface area contributed by atoms with Crippen LogP contribution in [0.5, 0.6) is 0 Å². The van der Waals surface area contributed by atoms with Crippen molar-refractivity contribution in [2.75, 3.05) is 26.8 Å². The molecule has 2 aliphatic rings. The fraction of sp³-hybridized carbons (Fsp3) is 0.611. The van der Waals surface area contributed by atoms with Gasteiger partial charge in [0.25, 0.3) is 0 Å². The number of rotatable bonds is 5. The van der Waals surface area contributed by atoms with E-state index in [2.05, 4.69) is 5.32 Å². The molecule has 1 unspecified atom stereocenters. The summed E-state index contributed by atoms with van der Waals surface area (Å²) in [6.45, 7) is 1.40. The van der Waals surface area contributed by atoms with Crippen molar-refractivity contribution < 1.29 is 22.7 Å². The summed E-state index contributed by atoms with van der Waals surface area (Å²) in [6.07, 6.45) is -1.25. The first-order valence-corrected chi connectivity index (χ1v) is 8.99. The first kappa shape index (κ1) is 19.3. The maximum absolute atomic E-state index is 13.4. The van der Waals surface area contributed by atoms with Crippen molar-refractivity contribution in [3.05, 3.63) is 34.9 Å². The highest BCUT2D eigenvalue weighted by Gasteiger charge is 2.53. The van der Waals surface area contributed by atoms with E-state index >= 15 is 0 Å². The Morgan fingerprint density at radius 3 is 2.42 bits per heavy atom. The van der Waals surface area contributed by atoms with Gasteiger partial charge >= 0.3 is 12.2 Å². The van der Waals surface area contributed by atoms with Crippen LogP contribution in [0.25, 0.3) is 0 Å². The lowest BCUT2D eigenvalue weighted by molar-refractivity contribution is -0.157. The zero-order valence-corrected chi connectivity index (χ0v) is 15.2. The molecule has 2 fully saturated rings. The predicted molar refractivity (Wildman–Crippen MR) is 92.0 cm³/mol. The van der Waals surface area contributed by atoms with Crippen molar-refractivity contribution in [2.45, 2.75) is 31.5 Å². The molecule has 1 N–H and O–H groups in total. The molecule has 1 aromatic carbocycles. The molecule has 1 aromatic rings. The largest absolute Gasteiger partial charge is 0.412 e. The third-order valence-corrected chi connectivity index (χ3v) is 5.75. The van der Waals surface area contributed by atoms with Gasteiger partial charge in [0.05, 0.1) is 6.61 Å². The lowest BCUT2D eigenvalue weighted by atomic mass is 9.61. The maximum atomic E-state index is 13.4. The summed E-state index contributed by atoms with van der Waals surface area (Å²) in [5.74, 6) is 0.487. The molecule has 1 atom stereocenters. The number of alkyl halides is 3. The molecule has 0 spiro atoms. The number of nitrogens with one attached hydrogen (secondary N) is 1. The second-order valence-electron chi connectivity index (χ2n) is 7.25. The number of nitrogens with zero attached hydrogens (tertiary/aromatic N) is 1. The minimum Gasteiger partial charge on any atom is -0.384 e. The molecule has 4 nitrogen and oxygen atoms in total. The summed E-state index contributed by atoms with van der Waals surface area (Å²) < 4.78 is 45.6. The summed E-state index contributed by atoms with van der Waals surface area (Å²) >= 11 is 5.74. The van der Waals surface area contributed by atoms with Crippen LogP contribution in [0.1, 0.15) is 30.9 Å². The Hall–Kier alpha value is -1.47. The van der Waals surface area contributed by atoms with Gasteiger partial charge in [-0.15, -0.1) is 0 Å². The number of hydrogen-bond donors (Lipinski definition) is 1. The van der Waals surface area contributed by atoms with Gasteiger partial charge in [-0.1, -0.05) is 30.2 Å². The van der Waals surface area contributed by atoms with Gasteiger partial charge in [0.15, 0.2) is 6.04 Å². The molecule has 144 valence electrons. The number of urea groups is 1. The molecule has 1 aliphatic heterocycles. The van der Waals surface area contributed by atoms with E-state index in [0.717, 1.165) is 19.3 Å². The van der Waals surface area contributed by atoms with E-state index in [1.54, 1.807) is 7.11 Å². The highest BCUT2D eigenvalue weighted by atomic mass is 35.5. The summed E-state index contributed by atoms with van der Waals surface area (Å²) in [5, 5.41) is 2.47. The van der Waals surface area contributed by atoms with Crippen molar-refractivity contribution in [2.24, 2.45) is 11.3 Å². The van der Waals surface area contributed by atoms with Crippen LogP contribution in [0.3, 0.4) is 0 Å². The number of ether oxygens (including phenoxy) is 1. The Bertz CT molecular complexity index is 641. The van der Waals surface area contributed by atoms with Gasteiger partial charge in [-0.25, -0.2) is 4.79 Å². The maximum Gasteiger partial charge on any atom is 0.412 e. The molecule has 2 amide bonds. The quantitative estimate of drug-likeness (QED) is 0.809. The number of carbonyl (C=O) groups is 1. The summed E-state index contributed by atoms with van der Waals surface area (Å²) in [7, 11) is 1.61. The lowest BCUT2D eigenvalue weighted by Crippen LogP contribution is -2.66. The molecule has 8 heteroatoms. The van der Waals surface area contributed by atoms with Crippen molar-refractivity contribution >= 4 is 17.6 Å². The Morgan fingerprint density at radius 2 is 1.96 bits per heavy atom. The Kier molecular flexibility index (Phi) is 5.40. The third kappa shape index (κ3) is 3.78. The summed E-state index contributed by atoms with van der Waals surface area (Å²) in [5.41, 5.74) is -0.156. The monoisotopic (exact) mass is 390 g/mol. The van der Waals surface area contributed by atoms with Crippen LogP contribution >= 0.6 is 11.6 Å². The van der Waals surface area contributed by atoms with E-state index in [1.807, 2.05) is 0 Å². The molecule has 26 heavy (non-hydrogen) atoms. The molecule has 3 rings (SSSR count). The minimum absolute atomic E-state index is 0.0436. The van der Waals surface area contributed by atoms with Crippen LogP contribution in [0, 0.1) is 11.3 Å². The van der Waals surface area contributed by atoms with Gasteiger partial charge in [0, 0.05) is 30.6 Å². The zero-order valence-electron chi connectivity index (χ0n) is 14.5. The smallest absolute Gasteiger partial charge is 0.384 e. The third-order valence-electron chi connectivity index (χ3n) is 5.50. The number of amides is 2. The van der Waals surface area contributed by atoms with Crippen molar-refractivity contribution in [1.82, 2.24) is 10.2 Å². The number of likely N-dealkylation sites (tertiary alicyclic amines) is 1. The molecule has 0 aromatic heterocycles. The Balaban J connectivity index is 1.66. The second-order valence-corrected chi connectivity index (χ2v) is 7.69. The van der Waals surface area contributed by atoms with Crippen LogP contribution in [0.2, 0.25) is 5.02 Å². The van der Waals surface area contributed by atoms with Crippen LogP contribution in [0.4, 0.5) is 18.0 Å². The second kappa shape index (κ2) is 7.27. The fourth-order valence-corrected chi connectivity index (χ4v) is 3.98. The molecule has 1 aliphatic carbocycles. The van der Waals surface area contributed by atoms with Crippen molar-refractivity contribution in [1.29, 1.82) is 0 Å². The lowest BCUT2D eigenvalue weighted by Gasteiger charge is -2.56. The Morgan fingerprint density at radius 1 is 1.35 bits per heavy atom. The van der Waals surface area contributed by atoms with Crippen LogP contribution in [0.15, 0.2) is 24.3 Å². The number of halogens is 4. The van der Waals surface area contributed by atoms with Crippen molar-refractivity contribution in [3.8, 4) is 0 Å². The standard InChI is InChI=1S/C18H22ClF3N2O2/c1-26-11-17(13-3-2-4-13)9-24(10-17)16(25)23-15(18(20,21)22)12-5-7-14(19)8-6-12/h5-8,13,15H,2-4,9-11H2,1H3,(H,23,25). The van der Waals surface area contributed by atoms with E-state index in [0.29, 0.717) is 30.6 Å². The SMILES string of the molecule is COCC1(C2CCC2)CN(C(=O)NC(c2ccc(Cl)cc2)C(F)(F)F)C1. The van der Waals surface area contributed by atoms with Gasteiger partial charge in [0.1, 0.15) is 0 Å². The highest BCUT2D eigenvalue weighted by Crippen LogP contribution is 2.48. The average molecular weight is 391 g/mol. The normalized spacial score (nSPS) is 20.9. The molecule has 1 saturated heterocycles. The van der Waals surface area contributed by atoms with Crippen molar-refractivity contribution in [3.63, 3.8) is 0 Å². The van der Waals surface area contributed by atoms with E-state index in [-0.39, 0.29) is 11.0 Å². The van der Waals surface area contributed by atoms with Gasteiger partial charge in [-0.05, 0) is 36.5 Å². The molecular formula is C18H22ClF3N2O2. The zero-order chi connectivity index (χ0) is 18.9. The fourth-order valence-electron chi connectivity index (χ4n) is 3.86. The first-order valence-electron chi connectivity index (χ1n) is 8.62.